The summed E-state index contributed by atoms with van der Waals surface area (Å²) in [6, 6.07) is 2.08. The lowest BCUT2D eigenvalue weighted by Crippen LogP contribution is -2.61. The Labute approximate surface area is 317 Å². The lowest BCUT2D eigenvalue weighted by atomic mass is 9.73. The van der Waals surface area contributed by atoms with Crippen LogP contribution in [0.25, 0.3) is 0 Å². The van der Waals surface area contributed by atoms with Gasteiger partial charge in [0.25, 0.3) is 0 Å². The zero-order chi connectivity index (χ0) is 40.3. The lowest BCUT2D eigenvalue weighted by Gasteiger charge is -2.48. The zero-order valence-corrected chi connectivity index (χ0v) is 33.0. The molecule has 16 heteroatoms. The van der Waals surface area contributed by atoms with Gasteiger partial charge in [-0.1, -0.05) is 33.8 Å². The van der Waals surface area contributed by atoms with Gasteiger partial charge < -0.3 is 49.5 Å². The summed E-state index contributed by atoms with van der Waals surface area (Å²) in [6.45, 7) is 13.2. The van der Waals surface area contributed by atoms with Crippen LogP contribution >= 0.6 is 0 Å². The maximum Gasteiger partial charge on any atom is 0.408 e. The fraction of sp³-hybridized carbons (Fsp3) is 0.737. The Kier molecular flexibility index (Phi) is 13.7. The number of aliphatic hydroxyl groups is 1. The van der Waals surface area contributed by atoms with E-state index in [-0.39, 0.29) is 37.2 Å². The van der Waals surface area contributed by atoms with E-state index in [0.29, 0.717) is 12.0 Å². The molecule has 0 aromatic carbocycles. The Bertz CT molecular complexity index is 1510. The Morgan fingerprint density at radius 3 is 2.39 bits per heavy atom. The number of carbonyl (C=O) groups is 5. The third kappa shape index (κ3) is 9.32. The first-order valence-corrected chi connectivity index (χ1v) is 18.7. The van der Waals surface area contributed by atoms with E-state index in [2.05, 4.69) is 10.3 Å². The van der Waals surface area contributed by atoms with E-state index in [4.69, 9.17) is 34.2 Å². The maximum absolute atomic E-state index is 14.3. The van der Waals surface area contributed by atoms with Crippen molar-refractivity contribution >= 4 is 29.9 Å². The van der Waals surface area contributed by atoms with E-state index < -0.39 is 95.7 Å². The van der Waals surface area contributed by atoms with Crippen molar-refractivity contribution < 1.29 is 57.5 Å². The molecule has 3 aliphatic rings. The summed E-state index contributed by atoms with van der Waals surface area (Å²) in [4.78, 5) is 73.6. The van der Waals surface area contributed by atoms with Crippen LogP contribution in [0.15, 0.2) is 24.5 Å². The number of alkyl carbamates (subject to hydrolysis) is 1. The van der Waals surface area contributed by atoms with Crippen molar-refractivity contribution in [2.24, 2.45) is 29.4 Å². The number of amides is 2. The van der Waals surface area contributed by atoms with Crippen molar-refractivity contribution in [3.8, 4) is 0 Å². The molecule has 4 rings (SSSR count). The minimum Gasteiger partial charge on any atom is -0.461 e. The number of nitrogens with zero attached hydrogens (tertiary/aromatic N) is 2. The molecule has 0 spiro atoms. The predicted octanol–water partition coefficient (Wildman–Crippen LogP) is 2.91. The molecule has 0 aliphatic carbocycles. The summed E-state index contributed by atoms with van der Waals surface area (Å²) < 4.78 is 36.7. The Hall–Kier alpha value is -3.86. The minimum atomic E-state index is -1.75. The monoisotopic (exact) mass is 762 g/mol. The number of esters is 2. The second-order valence-corrected chi connectivity index (χ2v) is 15.8. The highest BCUT2D eigenvalue weighted by Gasteiger charge is 2.58. The van der Waals surface area contributed by atoms with Crippen LogP contribution in [0.4, 0.5) is 9.59 Å². The molecule has 3 saturated heterocycles. The first kappa shape index (κ1) is 42.9. The van der Waals surface area contributed by atoms with Gasteiger partial charge in [0.2, 0.25) is 0 Å². The Morgan fingerprint density at radius 1 is 1.11 bits per heavy atom. The zero-order valence-electron chi connectivity index (χ0n) is 33.0. The van der Waals surface area contributed by atoms with Crippen LogP contribution < -0.4 is 11.1 Å². The fourth-order valence-corrected chi connectivity index (χ4v) is 8.53. The summed E-state index contributed by atoms with van der Waals surface area (Å²) in [5.74, 6) is -5.67. The molecule has 2 amide bonds. The first-order chi connectivity index (χ1) is 25.2. The van der Waals surface area contributed by atoms with Crippen LogP contribution in [0.5, 0.6) is 0 Å². The number of aliphatic hydroxyl groups excluding tert-OH is 1. The molecule has 16 nitrogen and oxygen atoms in total. The van der Waals surface area contributed by atoms with Crippen molar-refractivity contribution in [2.75, 3.05) is 14.1 Å². The van der Waals surface area contributed by atoms with Gasteiger partial charge in [-0.2, -0.15) is 0 Å². The highest BCUT2D eigenvalue weighted by molar-refractivity contribution is 5.85. The number of likely N-dealkylation sites (N-methyl/N-ethyl adjacent to an activating group) is 1. The Morgan fingerprint density at radius 2 is 1.80 bits per heavy atom. The number of ketones is 1. The normalized spacial score (nSPS) is 39.4. The van der Waals surface area contributed by atoms with Crippen molar-refractivity contribution in [3.63, 3.8) is 0 Å². The second-order valence-electron chi connectivity index (χ2n) is 15.8. The molecule has 54 heavy (non-hydrogen) atoms. The van der Waals surface area contributed by atoms with Gasteiger partial charge in [-0.05, 0) is 72.7 Å². The number of hydrogen-bond donors (Lipinski definition) is 3. The summed E-state index contributed by atoms with van der Waals surface area (Å²) in [5.41, 5.74) is 3.06. The Balaban J connectivity index is 1.89. The van der Waals surface area contributed by atoms with Gasteiger partial charge in [0.1, 0.15) is 35.8 Å². The van der Waals surface area contributed by atoms with Crippen molar-refractivity contribution in [3.05, 3.63) is 30.1 Å². The van der Waals surface area contributed by atoms with Gasteiger partial charge in [0.05, 0.1) is 24.5 Å². The smallest absolute Gasteiger partial charge is 0.408 e. The second kappa shape index (κ2) is 17.3. The van der Waals surface area contributed by atoms with Crippen LogP contribution in [0.2, 0.25) is 0 Å². The largest absolute Gasteiger partial charge is 0.461 e. The average Bonchev–Trinajstić information content (AvgIpc) is 3.41. The van der Waals surface area contributed by atoms with Gasteiger partial charge in [0.15, 0.2) is 11.9 Å². The van der Waals surface area contributed by atoms with E-state index in [1.54, 1.807) is 52.9 Å². The number of rotatable bonds is 8. The van der Waals surface area contributed by atoms with Gasteiger partial charge in [0, 0.05) is 36.2 Å². The SMILES string of the molecule is CC[C@H]1OC(=O)[C@H](C)[C@@H](OC(=O)Cc2cccnc2)[C@H](C)[C@@H](O[C@@H]2O[C@H](C)C[C@H](N(C)C)[C@H]2O)[C@](C)(OC(N)=O)C[C@@H](C)C(=O)[C@H](C)[C@H]2NC(=O)O[C@@]21C. The van der Waals surface area contributed by atoms with E-state index in [1.165, 1.54) is 20.0 Å². The number of aromatic nitrogens is 1. The molecule has 0 saturated carbocycles. The quantitative estimate of drug-likeness (QED) is 0.257. The van der Waals surface area contributed by atoms with Crippen molar-refractivity contribution in [1.29, 1.82) is 0 Å². The third-order valence-corrected chi connectivity index (χ3v) is 11.3. The van der Waals surface area contributed by atoms with E-state index in [9.17, 15) is 29.1 Å². The topological polar surface area (TPSA) is 215 Å². The molecular formula is C38H58N4O12. The van der Waals surface area contributed by atoms with Crippen molar-refractivity contribution in [2.45, 2.75) is 141 Å². The molecule has 302 valence electrons. The highest BCUT2D eigenvalue weighted by atomic mass is 16.7. The molecule has 1 aromatic heterocycles. The molecule has 3 fully saturated rings. The van der Waals surface area contributed by atoms with Crippen LogP contribution in [0.1, 0.15) is 80.2 Å². The maximum atomic E-state index is 14.3. The van der Waals surface area contributed by atoms with E-state index in [1.807, 2.05) is 25.9 Å². The molecule has 0 radical (unpaired) electrons. The minimum absolute atomic E-state index is 0.159. The number of ether oxygens (including phenoxy) is 6. The average molecular weight is 763 g/mol. The van der Waals surface area contributed by atoms with E-state index >= 15 is 0 Å². The predicted molar refractivity (Wildman–Crippen MR) is 192 cm³/mol. The van der Waals surface area contributed by atoms with E-state index in [0.717, 1.165) is 0 Å². The number of fused-ring (bicyclic) bond motifs is 1. The number of cyclic esters (lactones) is 1. The third-order valence-electron chi connectivity index (χ3n) is 11.3. The summed E-state index contributed by atoms with van der Waals surface area (Å²) >= 11 is 0. The van der Waals surface area contributed by atoms with Gasteiger partial charge >= 0.3 is 24.1 Å². The van der Waals surface area contributed by atoms with Gasteiger partial charge in [-0.3, -0.25) is 19.4 Å². The van der Waals surface area contributed by atoms with Crippen LogP contribution in [0, 0.1) is 23.7 Å². The number of carbonyl (C=O) groups excluding carboxylic acids is 5. The molecule has 3 aliphatic heterocycles. The summed E-state index contributed by atoms with van der Waals surface area (Å²) in [5, 5.41) is 14.3. The molecule has 0 unspecified atom stereocenters. The molecule has 14 atom stereocenters. The summed E-state index contributed by atoms with van der Waals surface area (Å²) in [7, 11) is 3.64. The van der Waals surface area contributed by atoms with Crippen LogP contribution in [-0.4, -0.2) is 119 Å². The standard InChI is InChI=1S/C38H58N4O12/c1-11-26-38(8)31(41-36(48)54-38)21(4)28(44)19(2)17-37(7,53-35(39)47)32(52-34-29(45)25(42(9)10)15-20(3)49-34)22(5)30(23(6)33(46)50-26)51-27(43)16-24-13-12-14-40-18-24/h12-14,18-23,25-26,29-32,34,45H,11,15-17H2,1-10H3,(H2,39,47)(H,41,48)/t19-,20-,21+,22+,23-,25+,26-,29-,30+,31-,32-,34+,37-,38-/m1/s1. The molecule has 1 aromatic rings. The molecule has 4 heterocycles. The fourth-order valence-electron chi connectivity index (χ4n) is 8.53. The number of nitrogens with two attached hydrogens (primary N) is 1. The first-order valence-electron chi connectivity index (χ1n) is 18.7. The highest BCUT2D eigenvalue weighted by Crippen LogP contribution is 2.41. The lowest BCUT2D eigenvalue weighted by molar-refractivity contribution is -0.298. The van der Waals surface area contributed by atoms with Gasteiger partial charge in [-0.15, -0.1) is 0 Å². The molecular weight excluding hydrogens is 704 g/mol. The van der Waals surface area contributed by atoms with Crippen molar-refractivity contribution in [1.82, 2.24) is 15.2 Å². The number of primary amides is 1. The molecule has 4 N–H and O–H groups in total. The summed E-state index contributed by atoms with van der Waals surface area (Å²) in [6.07, 6.45) is -4.94. The van der Waals surface area contributed by atoms with Gasteiger partial charge in [-0.25, -0.2) is 9.59 Å². The number of Topliss-reactive ketones (excluding diaryl/α,β-unsaturated/α-hetero) is 1. The number of hydrogen-bond acceptors (Lipinski definition) is 14. The molecule has 0 bridgehead atoms. The number of pyridine rings is 1. The van der Waals surface area contributed by atoms with Crippen LogP contribution in [-0.2, 0) is 49.2 Å². The van der Waals surface area contributed by atoms with Crippen LogP contribution in [0.3, 0.4) is 0 Å². The number of nitrogens with one attached hydrogen (secondary N) is 1.